The van der Waals surface area contributed by atoms with E-state index in [1.54, 1.807) is 25.3 Å². The third-order valence-electron chi connectivity index (χ3n) is 4.27. The summed E-state index contributed by atoms with van der Waals surface area (Å²) in [6.07, 6.45) is 0. The van der Waals surface area contributed by atoms with Crippen LogP contribution in [0.5, 0.6) is 11.5 Å². The summed E-state index contributed by atoms with van der Waals surface area (Å²) in [7, 11) is 1.61. The molecule has 1 unspecified atom stereocenters. The van der Waals surface area contributed by atoms with Crippen LogP contribution in [0.1, 0.15) is 19.4 Å². The number of aliphatic imine (C=N–C) groups is 1. The van der Waals surface area contributed by atoms with Crippen LogP contribution in [0, 0.1) is 0 Å². The molecule has 26 heavy (non-hydrogen) atoms. The van der Waals surface area contributed by atoms with Crippen LogP contribution in [-0.4, -0.2) is 68.5 Å². The topological polar surface area (TPSA) is 78.4 Å². The molecule has 1 aromatic rings. The highest BCUT2D eigenvalue weighted by Gasteiger charge is 2.17. The van der Waals surface area contributed by atoms with E-state index in [1.165, 1.54) is 0 Å². The number of nitrogens with zero attached hydrogens (tertiary/aromatic N) is 2. The molecule has 1 saturated heterocycles. The van der Waals surface area contributed by atoms with Gasteiger partial charge in [-0.2, -0.15) is 0 Å². The average Bonchev–Trinajstić information content (AvgIpc) is 2.65. The maximum Gasteiger partial charge on any atom is 0.191 e. The SMILES string of the molecule is CCNC(=NCc1cc(OC)ccc1O)NCC(C)N1CCOCC1.I. The second-order valence-corrected chi connectivity index (χ2v) is 6.07. The number of benzene rings is 1. The first-order valence-electron chi connectivity index (χ1n) is 8.84. The third kappa shape index (κ3) is 7.16. The molecule has 3 N–H and O–H groups in total. The number of halogens is 1. The number of hydrogen-bond acceptors (Lipinski definition) is 5. The van der Waals surface area contributed by atoms with Crippen LogP contribution in [0.4, 0.5) is 0 Å². The van der Waals surface area contributed by atoms with Gasteiger partial charge in [0.25, 0.3) is 0 Å². The molecular formula is C18H31IN4O3. The number of nitrogens with one attached hydrogen (secondary N) is 2. The molecule has 7 nitrogen and oxygen atoms in total. The molecule has 0 aliphatic carbocycles. The van der Waals surface area contributed by atoms with Gasteiger partial charge in [-0.25, -0.2) is 4.99 Å². The molecule has 1 aliphatic rings. The number of morpholine rings is 1. The fraction of sp³-hybridized carbons (Fsp3) is 0.611. The highest BCUT2D eigenvalue weighted by molar-refractivity contribution is 14.0. The van der Waals surface area contributed by atoms with Crippen molar-refractivity contribution in [1.29, 1.82) is 0 Å². The fourth-order valence-electron chi connectivity index (χ4n) is 2.71. The van der Waals surface area contributed by atoms with Crippen LogP contribution in [0.15, 0.2) is 23.2 Å². The Morgan fingerprint density at radius 3 is 2.73 bits per heavy atom. The van der Waals surface area contributed by atoms with Crippen molar-refractivity contribution >= 4 is 29.9 Å². The van der Waals surface area contributed by atoms with E-state index in [-0.39, 0.29) is 29.7 Å². The van der Waals surface area contributed by atoms with Gasteiger partial charge in [0.05, 0.1) is 26.9 Å². The summed E-state index contributed by atoms with van der Waals surface area (Å²) >= 11 is 0. The molecule has 0 amide bonds. The Morgan fingerprint density at radius 2 is 2.08 bits per heavy atom. The minimum atomic E-state index is 0. The Balaban J connectivity index is 0.00000338. The van der Waals surface area contributed by atoms with Crippen LogP contribution < -0.4 is 15.4 Å². The Labute approximate surface area is 173 Å². The van der Waals surface area contributed by atoms with Gasteiger partial charge in [-0.3, -0.25) is 4.90 Å². The number of phenolic OH excluding ortho intramolecular Hbond substituents is 1. The number of rotatable bonds is 7. The summed E-state index contributed by atoms with van der Waals surface area (Å²) in [5.74, 6) is 1.67. The van der Waals surface area contributed by atoms with E-state index in [0.717, 1.165) is 50.9 Å². The van der Waals surface area contributed by atoms with Gasteiger partial charge < -0.3 is 25.2 Å². The second kappa shape index (κ2) is 12.2. The fourth-order valence-corrected chi connectivity index (χ4v) is 2.71. The predicted molar refractivity (Wildman–Crippen MR) is 115 cm³/mol. The Kier molecular flexibility index (Phi) is 10.7. The lowest BCUT2D eigenvalue weighted by atomic mass is 10.2. The summed E-state index contributed by atoms with van der Waals surface area (Å²) in [5.41, 5.74) is 0.734. The van der Waals surface area contributed by atoms with Crippen molar-refractivity contribution in [2.24, 2.45) is 4.99 Å². The first-order valence-corrected chi connectivity index (χ1v) is 8.84. The average molecular weight is 478 g/mol. The molecule has 148 valence electrons. The number of hydrogen-bond donors (Lipinski definition) is 3. The number of phenols is 1. The van der Waals surface area contributed by atoms with Crippen LogP contribution >= 0.6 is 24.0 Å². The van der Waals surface area contributed by atoms with Gasteiger partial charge in [-0.15, -0.1) is 24.0 Å². The van der Waals surface area contributed by atoms with Crippen molar-refractivity contribution in [1.82, 2.24) is 15.5 Å². The highest BCUT2D eigenvalue weighted by atomic mass is 127. The first kappa shape index (κ1) is 22.8. The molecular weight excluding hydrogens is 447 g/mol. The zero-order valence-corrected chi connectivity index (χ0v) is 18.2. The Bertz CT molecular complexity index is 565. The van der Waals surface area contributed by atoms with Gasteiger partial charge in [-0.1, -0.05) is 0 Å². The van der Waals surface area contributed by atoms with Crippen molar-refractivity contribution < 1.29 is 14.6 Å². The standard InChI is InChI=1S/C18H30N4O3.HI/c1-4-19-18(20-12-14(2)22-7-9-25-10-8-22)21-13-15-11-16(24-3)5-6-17(15)23;/h5-6,11,14,23H,4,7-10,12-13H2,1-3H3,(H2,19,20,21);1H. The molecule has 1 heterocycles. The van der Waals surface area contributed by atoms with E-state index in [4.69, 9.17) is 9.47 Å². The maximum absolute atomic E-state index is 9.98. The summed E-state index contributed by atoms with van der Waals surface area (Å²) < 4.78 is 10.6. The van der Waals surface area contributed by atoms with Gasteiger partial charge in [0.1, 0.15) is 11.5 Å². The van der Waals surface area contributed by atoms with E-state index >= 15 is 0 Å². The van der Waals surface area contributed by atoms with Gasteiger partial charge in [0.15, 0.2) is 5.96 Å². The number of ether oxygens (including phenoxy) is 2. The molecule has 0 aromatic heterocycles. The Hall–Kier alpha value is -1.26. The summed E-state index contributed by atoms with van der Waals surface area (Å²) in [6, 6.07) is 5.57. The molecule has 1 aromatic carbocycles. The van der Waals surface area contributed by atoms with Gasteiger partial charge in [-0.05, 0) is 32.0 Å². The lowest BCUT2D eigenvalue weighted by molar-refractivity contribution is 0.0211. The predicted octanol–water partition coefficient (Wildman–Crippen LogP) is 1.79. The van der Waals surface area contributed by atoms with Crippen molar-refractivity contribution in [3.05, 3.63) is 23.8 Å². The molecule has 2 rings (SSSR count). The molecule has 1 fully saturated rings. The van der Waals surface area contributed by atoms with Gasteiger partial charge in [0.2, 0.25) is 0 Å². The summed E-state index contributed by atoms with van der Waals surface area (Å²) in [6.45, 7) is 9.73. The molecule has 1 atom stereocenters. The van der Waals surface area contributed by atoms with E-state index in [1.807, 2.05) is 6.92 Å². The zero-order valence-electron chi connectivity index (χ0n) is 15.8. The van der Waals surface area contributed by atoms with Crippen molar-refractivity contribution in [2.75, 3.05) is 46.5 Å². The highest BCUT2D eigenvalue weighted by Crippen LogP contribution is 2.23. The van der Waals surface area contributed by atoms with E-state index < -0.39 is 0 Å². The van der Waals surface area contributed by atoms with Crippen molar-refractivity contribution in [3.63, 3.8) is 0 Å². The molecule has 0 radical (unpaired) electrons. The van der Waals surface area contributed by atoms with Crippen LogP contribution in [0.25, 0.3) is 0 Å². The van der Waals surface area contributed by atoms with Gasteiger partial charge in [0, 0.05) is 37.8 Å². The first-order chi connectivity index (χ1) is 12.1. The lowest BCUT2D eigenvalue weighted by Crippen LogP contribution is -2.49. The van der Waals surface area contributed by atoms with Crippen LogP contribution in [0.3, 0.4) is 0 Å². The number of methoxy groups -OCH3 is 1. The normalized spacial score (nSPS) is 16.5. The number of aromatic hydroxyl groups is 1. The van der Waals surface area contributed by atoms with Crippen molar-refractivity contribution in [2.45, 2.75) is 26.4 Å². The van der Waals surface area contributed by atoms with Crippen LogP contribution in [0.2, 0.25) is 0 Å². The molecule has 0 bridgehead atoms. The summed E-state index contributed by atoms with van der Waals surface area (Å²) in [5, 5.41) is 16.6. The molecule has 0 saturated carbocycles. The summed E-state index contributed by atoms with van der Waals surface area (Å²) in [4.78, 5) is 6.98. The smallest absolute Gasteiger partial charge is 0.191 e. The quantitative estimate of drug-likeness (QED) is 0.315. The number of guanidine groups is 1. The van der Waals surface area contributed by atoms with E-state index in [9.17, 15) is 5.11 Å². The minimum Gasteiger partial charge on any atom is -0.508 e. The lowest BCUT2D eigenvalue weighted by Gasteiger charge is -2.32. The van der Waals surface area contributed by atoms with Crippen LogP contribution in [-0.2, 0) is 11.3 Å². The van der Waals surface area contributed by atoms with Crippen molar-refractivity contribution in [3.8, 4) is 11.5 Å². The third-order valence-corrected chi connectivity index (χ3v) is 4.27. The molecule has 0 spiro atoms. The maximum atomic E-state index is 9.98. The second-order valence-electron chi connectivity index (χ2n) is 6.07. The zero-order chi connectivity index (χ0) is 18.1. The van der Waals surface area contributed by atoms with Gasteiger partial charge >= 0.3 is 0 Å². The monoisotopic (exact) mass is 478 g/mol. The largest absolute Gasteiger partial charge is 0.508 e. The minimum absolute atomic E-state index is 0. The van der Waals surface area contributed by atoms with E-state index in [0.29, 0.717) is 18.3 Å². The molecule has 8 heteroatoms. The van der Waals surface area contributed by atoms with E-state index in [2.05, 4.69) is 27.4 Å². The molecule has 1 aliphatic heterocycles. The Morgan fingerprint density at radius 1 is 1.35 bits per heavy atom.